The summed E-state index contributed by atoms with van der Waals surface area (Å²) < 4.78 is 25.0. The summed E-state index contributed by atoms with van der Waals surface area (Å²) in [5, 5.41) is 0. The summed E-state index contributed by atoms with van der Waals surface area (Å²) in [6, 6.07) is 5.61. The van der Waals surface area contributed by atoms with Crippen LogP contribution < -0.4 is 10.6 Å². The van der Waals surface area contributed by atoms with Crippen molar-refractivity contribution in [2.24, 2.45) is 0 Å². The van der Waals surface area contributed by atoms with Gasteiger partial charge in [-0.3, -0.25) is 4.79 Å². The second-order valence-corrected chi connectivity index (χ2v) is 7.90. The minimum absolute atomic E-state index is 0.0337. The van der Waals surface area contributed by atoms with E-state index in [9.17, 15) is 13.2 Å². The van der Waals surface area contributed by atoms with Gasteiger partial charge in [0.1, 0.15) is 0 Å². The maximum atomic E-state index is 12.5. The molecule has 0 bridgehead atoms. The summed E-state index contributed by atoms with van der Waals surface area (Å²) in [7, 11) is -3.14. The highest BCUT2D eigenvalue weighted by atomic mass is 32.2. The van der Waals surface area contributed by atoms with Gasteiger partial charge >= 0.3 is 0 Å². The maximum absolute atomic E-state index is 12.5. The summed E-state index contributed by atoms with van der Waals surface area (Å²) in [4.78, 5) is 14.3. The Morgan fingerprint density at radius 3 is 2.77 bits per heavy atom. The van der Waals surface area contributed by atoms with Crippen LogP contribution in [0.3, 0.4) is 0 Å². The third kappa shape index (κ3) is 2.83. The highest BCUT2D eigenvalue weighted by Crippen LogP contribution is 2.31. The number of hydrogen-bond donors (Lipinski definition) is 1. The van der Waals surface area contributed by atoms with Crippen LogP contribution >= 0.6 is 0 Å². The molecule has 0 saturated carbocycles. The Hall–Kier alpha value is -1.60. The zero-order valence-electron chi connectivity index (χ0n) is 12.5. The van der Waals surface area contributed by atoms with Gasteiger partial charge in [0.25, 0.3) is 0 Å². The number of amides is 1. The Kier molecular flexibility index (Phi) is 4.10. The molecule has 1 saturated heterocycles. The quantitative estimate of drug-likeness (QED) is 0.840. The van der Waals surface area contributed by atoms with E-state index in [2.05, 4.69) is 0 Å². The maximum Gasteiger partial charge on any atom is 0.228 e. The fourth-order valence-electron chi connectivity index (χ4n) is 3.21. The highest BCUT2D eigenvalue weighted by Gasteiger charge is 2.30. The lowest BCUT2D eigenvalue weighted by molar-refractivity contribution is -0.118. The summed E-state index contributed by atoms with van der Waals surface area (Å²) in [6.07, 6.45) is 2.63. The molecular formula is C15H21N3O3S. The molecule has 0 spiro atoms. The fourth-order valence-corrected chi connectivity index (χ4v) is 4.74. The van der Waals surface area contributed by atoms with Gasteiger partial charge in [0.2, 0.25) is 15.9 Å². The number of rotatable bonds is 3. The van der Waals surface area contributed by atoms with Crippen molar-refractivity contribution in [2.75, 3.05) is 36.0 Å². The second-order valence-electron chi connectivity index (χ2n) is 5.81. The number of hydrogen-bond acceptors (Lipinski definition) is 4. The minimum Gasteiger partial charge on any atom is -0.398 e. The summed E-state index contributed by atoms with van der Waals surface area (Å²) in [6.45, 7) is 1.47. The molecule has 0 unspecified atom stereocenters. The molecule has 2 aliphatic rings. The monoisotopic (exact) mass is 323 g/mol. The summed E-state index contributed by atoms with van der Waals surface area (Å²) in [5.74, 6) is 0.165. The molecular weight excluding hydrogens is 302 g/mol. The molecule has 2 heterocycles. The topological polar surface area (TPSA) is 83.7 Å². The lowest BCUT2D eigenvalue weighted by Crippen LogP contribution is -2.38. The van der Waals surface area contributed by atoms with Gasteiger partial charge in [-0.2, -0.15) is 0 Å². The molecule has 22 heavy (non-hydrogen) atoms. The predicted molar refractivity (Wildman–Crippen MR) is 86.1 cm³/mol. The third-order valence-electron chi connectivity index (χ3n) is 4.37. The number of anilines is 2. The van der Waals surface area contributed by atoms with E-state index < -0.39 is 10.0 Å². The van der Waals surface area contributed by atoms with Gasteiger partial charge in [0.15, 0.2) is 0 Å². The van der Waals surface area contributed by atoms with Gasteiger partial charge in [0.05, 0.1) is 5.75 Å². The number of carbonyl (C=O) groups excluding carboxylic acids is 1. The van der Waals surface area contributed by atoms with Gasteiger partial charge in [-0.25, -0.2) is 12.7 Å². The fraction of sp³-hybridized carbons (Fsp3) is 0.533. The van der Waals surface area contributed by atoms with Crippen LogP contribution in [0.15, 0.2) is 18.2 Å². The van der Waals surface area contributed by atoms with Crippen LogP contribution in [-0.4, -0.2) is 44.0 Å². The predicted octanol–water partition coefficient (Wildman–Crippen LogP) is 0.974. The van der Waals surface area contributed by atoms with Crippen molar-refractivity contribution in [1.82, 2.24) is 4.31 Å². The molecule has 1 aromatic carbocycles. The van der Waals surface area contributed by atoms with E-state index in [1.807, 2.05) is 18.2 Å². The summed E-state index contributed by atoms with van der Waals surface area (Å²) >= 11 is 0. The van der Waals surface area contributed by atoms with Gasteiger partial charge < -0.3 is 10.6 Å². The van der Waals surface area contributed by atoms with Crippen LogP contribution in [0, 0.1) is 0 Å². The number of nitrogen functional groups attached to an aromatic ring is 1. The van der Waals surface area contributed by atoms with Crippen molar-refractivity contribution in [3.63, 3.8) is 0 Å². The van der Waals surface area contributed by atoms with E-state index in [4.69, 9.17) is 5.73 Å². The van der Waals surface area contributed by atoms with Crippen molar-refractivity contribution in [3.05, 3.63) is 23.8 Å². The van der Waals surface area contributed by atoms with Gasteiger partial charge in [-0.1, -0.05) is 6.07 Å². The molecule has 0 aromatic heterocycles. The van der Waals surface area contributed by atoms with E-state index >= 15 is 0 Å². The van der Waals surface area contributed by atoms with Gasteiger partial charge in [0, 0.05) is 37.4 Å². The molecule has 1 fully saturated rings. The average Bonchev–Trinajstić information content (AvgIpc) is 2.83. The number of sulfonamides is 1. The molecule has 0 aliphatic carbocycles. The molecule has 120 valence electrons. The van der Waals surface area contributed by atoms with Crippen molar-refractivity contribution in [1.29, 1.82) is 0 Å². The van der Waals surface area contributed by atoms with Crippen LogP contribution in [-0.2, 0) is 21.2 Å². The lowest BCUT2D eigenvalue weighted by atomic mass is 9.99. The van der Waals surface area contributed by atoms with Crippen LogP contribution in [0.25, 0.3) is 0 Å². The first-order chi connectivity index (χ1) is 10.5. The van der Waals surface area contributed by atoms with E-state index in [1.54, 1.807) is 4.90 Å². The van der Waals surface area contributed by atoms with Gasteiger partial charge in [-0.15, -0.1) is 0 Å². The summed E-state index contributed by atoms with van der Waals surface area (Å²) in [5.41, 5.74) is 8.61. The molecule has 0 radical (unpaired) electrons. The number of nitrogens with zero attached hydrogens (tertiary/aromatic N) is 2. The van der Waals surface area contributed by atoms with Crippen LogP contribution in [0.4, 0.5) is 11.4 Å². The van der Waals surface area contributed by atoms with Crippen molar-refractivity contribution >= 4 is 27.3 Å². The largest absolute Gasteiger partial charge is 0.398 e. The molecule has 2 N–H and O–H groups in total. The second kappa shape index (κ2) is 5.89. The number of fused-ring (bicyclic) bond motifs is 1. The Balaban J connectivity index is 1.71. The van der Waals surface area contributed by atoms with Crippen molar-refractivity contribution in [2.45, 2.75) is 25.7 Å². The molecule has 1 aromatic rings. The minimum atomic E-state index is -3.14. The van der Waals surface area contributed by atoms with Gasteiger partial charge in [-0.05, 0) is 37.0 Å². The number of carbonyl (C=O) groups is 1. The van der Waals surface area contributed by atoms with E-state index in [-0.39, 0.29) is 24.6 Å². The molecule has 6 nitrogen and oxygen atoms in total. The molecule has 7 heteroatoms. The molecule has 2 aliphatic heterocycles. The SMILES string of the molecule is Nc1cccc2c1CCCN2C(=O)CCN1CCCS1(=O)=O. The van der Waals surface area contributed by atoms with E-state index in [0.29, 0.717) is 19.5 Å². The molecule has 1 amide bonds. The highest BCUT2D eigenvalue weighted by molar-refractivity contribution is 7.89. The Bertz CT molecular complexity index is 687. The van der Waals surface area contributed by atoms with E-state index in [1.165, 1.54) is 4.31 Å². The normalized spacial score (nSPS) is 20.8. The third-order valence-corrected chi connectivity index (χ3v) is 6.32. The Morgan fingerprint density at radius 2 is 2.05 bits per heavy atom. The Labute approximate surface area is 130 Å². The first-order valence-corrected chi connectivity index (χ1v) is 9.25. The zero-order chi connectivity index (χ0) is 15.7. The first-order valence-electron chi connectivity index (χ1n) is 7.64. The Morgan fingerprint density at radius 1 is 1.23 bits per heavy atom. The van der Waals surface area contributed by atoms with Crippen molar-refractivity contribution in [3.8, 4) is 0 Å². The molecule has 0 atom stereocenters. The first kappa shape index (κ1) is 15.3. The number of benzene rings is 1. The van der Waals surface area contributed by atoms with Crippen LogP contribution in [0.2, 0.25) is 0 Å². The standard InChI is InChI=1S/C15H21N3O3S/c16-13-5-1-6-14-12(13)4-2-9-18(14)15(19)7-10-17-8-3-11-22(17,20)21/h1,5-6H,2-4,7-11,16H2. The molecule has 3 rings (SSSR count). The lowest BCUT2D eigenvalue weighted by Gasteiger charge is -2.30. The van der Waals surface area contributed by atoms with Crippen molar-refractivity contribution < 1.29 is 13.2 Å². The van der Waals surface area contributed by atoms with Crippen LogP contribution in [0.5, 0.6) is 0 Å². The van der Waals surface area contributed by atoms with Crippen LogP contribution in [0.1, 0.15) is 24.8 Å². The average molecular weight is 323 g/mol. The zero-order valence-corrected chi connectivity index (χ0v) is 13.3. The van der Waals surface area contributed by atoms with E-state index in [0.717, 1.165) is 29.8 Å². The smallest absolute Gasteiger partial charge is 0.228 e. The number of nitrogens with two attached hydrogens (primary N) is 1.